The molecule has 0 aliphatic rings. The van der Waals surface area contributed by atoms with Crippen LogP contribution in [-0.4, -0.2) is 4.98 Å². The van der Waals surface area contributed by atoms with E-state index in [9.17, 15) is 4.39 Å². The van der Waals surface area contributed by atoms with E-state index in [-0.39, 0.29) is 5.82 Å². The highest BCUT2D eigenvalue weighted by molar-refractivity contribution is 7.15. The van der Waals surface area contributed by atoms with Gasteiger partial charge in [0.2, 0.25) is 0 Å². The minimum atomic E-state index is -0.224. The third-order valence-electron chi connectivity index (χ3n) is 3.27. The summed E-state index contributed by atoms with van der Waals surface area (Å²) in [4.78, 5) is 5.41. The molecule has 0 fully saturated rings. The first-order valence-electron chi connectivity index (χ1n) is 6.97. The van der Waals surface area contributed by atoms with Crippen LogP contribution in [0.3, 0.4) is 0 Å². The van der Waals surface area contributed by atoms with Gasteiger partial charge in [0.15, 0.2) is 0 Å². The first kappa shape index (κ1) is 16.4. The van der Waals surface area contributed by atoms with Gasteiger partial charge in [0.25, 0.3) is 0 Å². The summed E-state index contributed by atoms with van der Waals surface area (Å²) in [5, 5.41) is 5.50. The van der Waals surface area contributed by atoms with Gasteiger partial charge in [0.1, 0.15) is 10.8 Å². The number of benzene rings is 2. The van der Waals surface area contributed by atoms with Crippen molar-refractivity contribution in [3.63, 3.8) is 0 Å². The Morgan fingerprint density at radius 3 is 2.57 bits per heavy atom. The van der Waals surface area contributed by atoms with Crippen molar-refractivity contribution in [1.82, 2.24) is 10.3 Å². The van der Waals surface area contributed by atoms with Gasteiger partial charge in [-0.1, -0.05) is 41.4 Å². The molecule has 2 aromatic carbocycles. The van der Waals surface area contributed by atoms with Crippen LogP contribution in [0.25, 0.3) is 10.4 Å². The molecule has 0 aliphatic carbocycles. The van der Waals surface area contributed by atoms with Crippen molar-refractivity contribution in [3.05, 3.63) is 75.1 Å². The van der Waals surface area contributed by atoms with Crippen LogP contribution < -0.4 is 5.32 Å². The monoisotopic (exact) mass is 366 g/mol. The van der Waals surface area contributed by atoms with Crippen molar-refractivity contribution < 1.29 is 4.39 Å². The smallest absolute Gasteiger partial charge is 0.123 e. The van der Waals surface area contributed by atoms with Crippen LogP contribution in [0.15, 0.2) is 48.7 Å². The number of halogens is 3. The van der Waals surface area contributed by atoms with Gasteiger partial charge in [-0.25, -0.2) is 9.37 Å². The lowest BCUT2D eigenvalue weighted by molar-refractivity contribution is 0.625. The zero-order chi connectivity index (χ0) is 16.2. The van der Waals surface area contributed by atoms with E-state index in [0.717, 1.165) is 21.0 Å². The van der Waals surface area contributed by atoms with Gasteiger partial charge in [-0.15, -0.1) is 11.3 Å². The lowest BCUT2D eigenvalue weighted by Crippen LogP contribution is -2.12. The van der Waals surface area contributed by atoms with Crippen LogP contribution in [0.4, 0.5) is 4.39 Å². The molecule has 118 valence electrons. The Labute approximate surface area is 147 Å². The second kappa shape index (κ2) is 7.41. The van der Waals surface area contributed by atoms with E-state index < -0.39 is 0 Å². The molecule has 1 aromatic heterocycles. The van der Waals surface area contributed by atoms with Gasteiger partial charge in [-0.2, -0.15) is 0 Å². The topological polar surface area (TPSA) is 24.9 Å². The summed E-state index contributed by atoms with van der Waals surface area (Å²) < 4.78 is 12.8. The molecule has 0 saturated carbocycles. The summed E-state index contributed by atoms with van der Waals surface area (Å²) >= 11 is 13.7. The molecular weight excluding hydrogens is 354 g/mol. The van der Waals surface area contributed by atoms with E-state index >= 15 is 0 Å². The normalized spacial score (nSPS) is 10.9. The number of hydrogen-bond acceptors (Lipinski definition) is 3. The van der Waals surface area contributed by atoms with Crippen molar-refractivity contribution >= 4 is 34.5 Å². The van der Waals surface area contributed by atoms with Crippen LogP contribution >= 0.6 is 34.5 Å². The third kappa shape index (κ3) is 4.30. The second-order valence-electron chi connectivity index (χ2n) is 4.97. The fourth-order valence-electron chi connectivity index (χ4n) is 2.12. The molecule has 23 heavy (non-hydrogen) atoms. The average molecular weight is 367 g/mol. The van der Waals surface area contributed by atoms with Gasteiger partial charge < -0.3 is 5.32 Å². The minimum Gasteiger partial charge on any atom is -0.306 e. The predicted octanol–water partition coefficient (Wildman–Crippen LogP) is 5.55. The van der Waals surface area contributed by atoms with E-state index in [1.54, 1.807) is 29.5 Å². The van der Waals surface area contributed by atoms with Crippen LogP contribution in [0.1, 0.15) is 10.6 Å². The van der Waals surface area contributed by atoms with Gasteiger partial charge in [-0.05, 0) is 29.8 Å². The second-order valence-corrected chi connectivity index (χ2v) is 6.93. The van der Waals surface area contributed by atoms with Crippen molar-refractivity contribution in [1.29, 1.82) is 0 Å². The fourth-order valence-corrected chi connectivity index (χ4v) is 3.62. The van der Waals surface area contributed by atoms with Gasteiger partial charge in [-0.3, -0.25) is 0 Å². The first-order chi connectivity index (χ1) is 11.1. The maximum atomic E-state index is 12.8. The van der Waals surface area contributed by atoms with Crippen molar-refractivity contribution in [3.8, 4) is 10.4 Å². The summed E-state index contributed by atoms with van der Waals surface area (Å²) in [5.41, 5.74) is 1.96. The van der Waals surface area contributed by atoms with Crippen LogP contribution in [-0.2, 0) is 13.1 Å². The van der Waals surface area contributed by atoms with Crippen molar-refractivity contribution in [2.75, 3.05) is 0 Å². The molecule has 0 unspecified atom stereocenters. The molecule has 0 amide bonds. The third-order valence-corrected chi connectivity index (χ3v) is 4.85. The summed E-state index contributed by atoms with van der Waals surface area (Å²) in [5.74, 6) is -0.224. The van der Waals surface area contributed by atoms with Crippen molar-refractivity contribution in [2.45, 2.75) is 13.1 Å². The zero-order valence-corrected chi connectivity index (χ0v) is 14.4. The van der Waals surface area contributed by atoms with Crippen LogP contribution in [0.2, 0.25) is 10.0 Å². The van der Waals surface area contributed by atoms with E-state index in [0.29, 0.717) is 23.1 Å². The number of nitrogens with zero attached hydrogens (tertiary/aromatic N) is 1. The Morgan fingerprint density at radius 1 is 1.04 bits per heavy atom. The number of nitrogens with one attached hydrogen (secondary N) is 1. The molecule has 0 radical (unpaired) electrons. The Kier molecular flexibility index (Phi) is 5.28. The zero-order valence-electron chi connectivity index (χ0n) is 12.0. The van der Waals surface area contributed by atoms with Gasteiger partial charge in [0.05, 0.1) is 9.90 Å². The van der Waals surface area contributed by atoms with Crippen molar-refractivity contribution in [2.24, 2.45) is 0 Å². The number of thiazole rings is 1. The Morgan fingerprint density at radius 2 is 1.83 bits per heavy atom. The highest BCUT2D eigenvalue weighted by Gasteiger charge is 2.08. The Balaban J connectivity index is 1.62. The first-order valence-corrected chi connectivity index (χ1v) is 8.54. The van der Waals surface area contributed by atoms with E-state index in [1.807, 2.05) is 18.3 Å². The number of rotatable bonds is 5. The van der Waals surface area contributed by atoms with Crippen LogP contribution in [0, 0.1) is 5.82 Å². The molecule has 1 N–H and O–H groups in total. The Bertz CT molecular complexity index is 803. The maximum absolute atomic E-state index is 12.8. The molecule has 0 spiro atoms. The molecule has 6 heteroatoms. The molecule has 0 saturated heterocycles. The van der Waals surface area contributed by atoms with Gasteiger partial charge >= 0.3 is 0 Å². The molecular formula is C17H13Cl2FN2S. The summed E-state index contributed by atoms with van der Waals surface area (Å²) in [6.07, 6.45) is 1.81. The largest absolute Gasteiger partial charge is 0.306 e. The summed E-state index contributed by atoms with van der Waals surface area (Å²) in [6.45, 7) is 1.31. The molecule has 3 rings (SSSR count). The van der Waals surface area contributed by atoms with Crippen LogP contribution in [0.5, 0.6) is 0 Å². The highest BCUT2D eigenvalue weighted by Crippen LogP contribution is 2.33. The van der Waals surface area contributed by atoms with E-state index in [2.05, 4.69) is 10.3 Å². The van der Waals surface area contributed by atoms with E-state index in [4.69, 9.17) is 23.2 Å². The number of hydrogen-bond donors (Lipinski definition) is 1. The number of aromatic nitrogens is 1. The Hall–Kier alpha value is -1.46. The maximum Gasteiger partial charge on any atom is 0.123 e. The highest BCUT2D eigenvalue weighted by atomic mass is 35.5. The summed E-state index contributed by atoms with van der Waals surface area (Å²) in [6, 6.07) is 11.9. The molecule has 2 nitrogen and oxygen atoms in total. The molecule has 0 atom stereocenters. The lowest BCUT2D eigenvalue weighted by atomic mass is 10.2. The predicted molar refractivity (Wildman–Crippen MR) is 94.5 cm³/mol. The summed E-state index contributed by atoms with van der Waals surface area (Å²) in [7, 11) is 0. The molecule has 0 bridgehead atoms. The molecule has 1 heterocycles. The molecule has 0 aliphatic heterocycles. The quantitative estimate of drug-likeness (QED) is 0.640. The molecule has 3 aromatic rings. The average Bonchev–Trinajstić information content (AvgIpc) is 2.98. The van der Waals surface area contributed by atoms with E-state index in [1.165, 1.54) is 12.1 Å². The SMILES string of the molecule is Fc1ccc(CNCc2ncc(-c3ccc(Cl)cc3Cl)s2)cc1. The van der Waals surface area contributed by atoms with Gasteiger partial charge in [0, 0.05) is 29.9 Å². The standard InChI is InChI=1S/C17H13Cl2FN2S/c18-12-3-6-14(15(19)7-12)16-9-22-17(23-16)10-21-8-11-1-4-13(20)5-2-11/h1-7,9,21H,8,10H2. The minimum absolute atomic E-state index is 0.224. The fraction of sp³-hybridized carbons (Fsp3) is 0.118. The lowest BCUT2D eigenvalue weighted by Gasteiger charge is -2.03.